The minimum atomic E-state index is 0.0396. The highest BCUT2D eigenvalue weighted by Gasteiger charge is 2.57. The van der Waals surface area contributed by atoms with Gasteiger partial charge in [-0.25, -0.2) is 0 Å². The van der Waals surface area contributed by atoms with Crippen molar-refractivity contribution < 1.29 is 4.57 Å². The predicted molar refractivity (Wildman–Crippen MR) is 73.2 cm³/mol. The molecular formula is C17H16N+. The van der Waals surface area contributed by atoms with Crippen molar-refractivity contribution in [2.75, 3.05) is 0 Å². The van der Waals surface area contributed by atoms with E-state index in [4.69, 9.17) is 0 Å². The molecule has 1 aromatic heterocycles. The van der Waals surface area contributed by atoms with Crippen molar-refractivity contribution in [2.45, 2.75) is 25.2 Å². The Kier molecular flexibility index (Phi) is 1.63. The fourth-order valence-electron chi connectivity index (χ4n) is 3.70. The van der Waals surface area contributed by atoms with Gasteiger partial charge in [-0.05, 0) is 31.2 Å². The maximum atomic E-state index is 4.37. The Morgan fingerprint density at radius 3 is 2.72 bits per heavy atom. The van der Waals surface area contributed by atoms with Crippen LogP contribution in [0.2, 0.25) is 0 Å². The van der Waals surface area contributed by atoms with Gasteiger partial charge >= 0.3 is 0 Å². The van der Waals surface area contributed by atoms with Crippen LogP contribution in [-0.4, -0.2) is 0 Å². The Labute approximate surface area is 107 Å². The number of benzene rings is 1. The van der Waals surface area contributed by atoms with Crippen molar-refractivity contribution in [3.63, 3.8) is 0 Å². The maximum Gasteiger partial charge on any atom is 0.218 e. The highest BCUT2D eigenvalue weighted by atomic mass is 15.1. The Bertz CT molecular complexity index is 699. The van der Waals surface area contributed by atoms with Crippen molar-refractivity contribution in [1.82, 2.24) is 0 Å². The molecule has 4 rings (SSSR count). The number of aromatic nitrogens is 1. The first-order valence-electron chi connectivity index (χ1n) is 6.50. The molecule has 0 N–H and O–H groups in total. The van der Waals surface area contributed by atoms with Crippen LogP contribution in [0.15, 0.2) is 49.0 Å². The molecule has 2 atom stereocenters. The summed E-state index contributed by atoms with van der Waals surface area (Å²) < 4.78 is 2.35. The SMILES string of the molecule is C=C1[n+]2c3cccc2C(C)C1(C)c1ccccc1-3. The van der Waals surface area contributed by atoms with E-state index in [1.807, 2.05) is 0 Å². The fraction of sp³-hybridized carbons (Fsp3) is 0.235. The number of pyridine rings is 1. The third-order valence-electron chi connectivity index (χ3n) is 4.96. The molecule has 2 unspecified atom stereocenters. The molecule has 0 radical (unpaired) electrons. The summed E-state index contributed by atoms with van der Waals surface area (Å²) in [6.45, 7) is 9.02. The summed E-state index contributed by atoms with van der Waals surface area (Å²) in [4.78, 5) is 0. The van der Waals surface area contributed by atoms with E-state index in [-0.39, 0.29) is 5.41 Å². The van der Waals surface area contributed by atoms with Crippen LogP contribution >= 0.6 is 0 Å². The van der Waals surface area contributed by atoms with E-state index in [9.17, 15) is 0 Å². The summed E-state index contributed by atoms with van der Waals surface area (Å²) in [6, 6.07) is 15.4. The number of allylic oxidation sites excluding steroid dienone is 1. The Balaban J connectivity index is 2.24. The molecule has 2 aliphatic heterocycles. The lowest BCUT2D eigenvalue weighted by molar-refractivity contribution is -0.572. The molecule has 18 heavy (non-hydrogen) atoms. The number of hydrogen-bond acceptors (Lipinski definition) is 0. The van der Waals surface area contributed by atoms with E-state index in [0.717, 1.165) is 0 Å². The van der Waals surface area contributed by atoms with Crippen molar-refractivity contribution in [3.05, 3.63) is 60.3 Å². The van der Waals surface area contributed by atoms with Gasteiger partial charge in [0.25, 0.3) is 0 Å². The van der Waals surface area contributed by atoms with Crippen LogP contribution in [0.1, 0.15) is 31.0 Å². The third kappa shape index (κ3) is 0.860. The molecule has 2 bridgehead atoms. The lowest BCUT2D eigenvalue weighted by atomic mass is 9.69. The van der Waals surface area contributed by atoms with Crippen molar-refractivity contribution in [3.8, 4) is 11.3 Å². The van der Waals surface area contributed by atoms with Crippen molar-refractivity contribution >= 4 is 5.70 Å². The summed E-state index contributed by atoms with van der Waals surface area (Å²) in [5.41, 5.74) is 6.71. The lowest BCUT2D eigenvalue weighted by Gasteiger charge is -2.29. The van der Waals surface area contributed by atoms with Crippen LogP contribution in [0.25, 0.3) is 17.0 Å². The van der Waals surface area contributed by atoms with Gasteiger partial charge in [0.2, 0.25) is 5.69 Å². The number of nitrogens with zero attached hydrogens (tertiary/aromatic N) is 1. The minimum absolute atomic E-state index is 0.0396. The summed E-state index contributed by atoms with van der Waals surface area (Å²) in [5.74, 6) is 0.480. The van der Waals surface area contributed by atoms with Crippen LogP contribution in [0.3, 0.4) is 0 Å². The van der Waals surface area contributed by atoms with E-state index in [2.05, 4.69) is 67.5 Å². The van der Waals surface area contributed by atoms with Gasteiger partial charge in [-0.1, -0.05) is 25.1 Å². The van der Waals surface area contributed by atoms with Gasteiger partial charge in [-0.2, -0.15) is 4.57 Å². The molecule has 0 fully saturated rings. The average molecular weight is 234 g/mol. The summed E-state index contributed by atoms with van der Waals surface area (Å²) in [5, 5.41) is 0. The first kappa shape index (κ1) is 10.1. The topological polar surface area (TPSA) is 3.88 Å². The van der Waals surface area contributed by atoms with E-state index < -0.39 is 0 Å². The number of fused-ring (bicyclic) bond motifs is 4. The zero-order valence-electron chi connectivity index (χ0n) is 10.8. The van der Waals surface area contributed by atoms with E-state index in [1.165, 1.54) is 28.2 Å². The van der Waals surface area contributed by atoms with E-state index in [1.54, 1.807) is 0 Å². The minimum Gasteiger partial charge on any atom is -0.161 e. The molecule has 2 aromatic rings. The predicted octanol–water partition coefficient (Wildman–Crippen LogP) is 3.50. The molecule has 0 aliphatic carbocycles. The largest absolute Gasteiger partial charge is 0.218 e. The van der Waals surface area contributed by atoms with Crippen LogP contribution in [0.5, 0.6) is 0 Å². The molecule has 88 valence electrons. The second-order valence-electron chi connectivity index (χ2n) is 5.59. The van der Waals surface area contributed by atoms with Gasteiger partial charge < -0.3 is 0 Å². The van der Waals surface area contributed by atoms with E-state index in [0.29, 0.717) is 5.92 Å². The molecule has 3 heterocycles. The van der Waals surface area contributed by atoms with E-state index >= 15 is 0 Å². The highest BCUT2D eigenvalue weighted by molar-refractivity contribution is 5.75. The lowest BCUT2D eigenvalue weighted by Crippen LogP contribution is -2.42. The number of hydrogen-bond donors (Lipinski definition) is 0. The van der Waals surface area contributed by atoms with Gasteiger partial charge in [-0.3, -0.25) is 0 Å². The van der Waals surface area contributed by atoms with Gasteiger partial charge in [-0.15, -0.1) is 0 Å². The summed E-state index contributed by atoms with van der Waals surface area (Å²) in [7, 11) is 0. The first-order chi connectivity index (χ1) is 8.65. The van der Waals surface area contributed by atoms with Gasteiger partial charge in [0.1, 0.15) is 0 Å². The Morgan fingerprint density at radius 1 is 1.11 bits per heavy atom. The number of rotatable bonds is 0. The highest BCUT2D eigenvalue weighted by Crippen LogP contribution is 2.53. The van der Waals surface area contributed by atoms with Crippen LogP contribution < -0.4 is 4.57 Å². The Hall–Kier alpha value is -1.89. The van der Waals surface area contributed by atoms with Crippen LogP contribution in [-0.2, 0) is 5.41 Å². The molecule has 0 amide bonds. The molecule has 0 spiro atoms. The average Bonchev–Trinajstić information content (AvgIpc) is 2.59. The van der Waals surface area contributed by atoms with Crippen LogP contribution in [0, 0.1) is 0 Å². The quantitative estimate of drug-likeness (QED) is 0.614. The monoisotopic (exact) mass is 234 g/mol. The molecule has 0 saturated carbocycles. The normalized spacial score (nSPS) is 27.2. The van der Waals surface area contributed by atoms with Crippen molar-refractivity contribution in [1.29, 1.82) is 0 Å². The second kappa shape index (κ2) is 2.92. The second-order valence-corrected chi connectivity index (χ2v) is 5.59. The molecule has 1 aromatic carbocycles. The summed E-state index contributed by atoms with van der Waals surface area (Å²) >= 11 is 0. The molecular weight excluding hydrogens is 218 g/mol. The summed E-state index contributed by atoms with van der Waals surface area (Å²) in [6.07, 6.45) is 0. The molecule has 2 aliphatic rings. The van der Waals surface area contributed by atoms with Gasteiger partial charge in [0, 0.05) is 12.1 Å². The van der Waals surface area contributed by atoms with Gasteiger partial charge in [0.15, 0.2) is 11.4 Å². The standard InChI is InChI=1S/C17H16N/c1-11-15-9-6-10-16-13-7-4-5-8-14(13)17(11,3)12(2)18(15)16/h4-11H,2H2,1,3H3/q+1. The van der Waals surface area contributed by atoms with Crippen LogP contribution in [0.4, 0.5) is 0 Å². The smallest absolute Gasteiger partial charge is 0.161 e. The van der Waals surface area contributed by atoms with Gasteiger partial charge in [0.05, 0.1) is 16.9 Å². The third-order valence-corrected chi connectivity index (χ3v) is 4.96. The zero-order valence-corrected chi connectivity index (χ0v) is 10.8. The first-order valence-corrected chi connectivity index (χ1v) is 6.50. The van der Waals surface area contributed by atoms with Crippen molar-refractivity contribution in [2.24, 2.45) is 0 Å². The fourth-order valence-corrected chi connectivity index (χ4v) is 3.70. The molecule has 1 heteroatoms. The zero-order chi connectivity index (χ0) is 12.5. The Morgan fingerprint density at radius 2 is 1.89 bits per heavy atom. The maximum absolute atomic E-state index is 4.37. The molecule has 1 nitrogen and oxygen atoms in total. The molecule has 0 saturated heterocycles.